The molecule has 5 heteroatoms. The number of rotatable bonds is 6. The molecule has 0 saturated heterocycles. The number of aromatic nitrogens is 1. The van der Waals surface area contributed by atoms with Crippen LogP contribution in [-0.4, -0.2) is 27.7 Å². The van der Waals surface area contributed by atoms with Gasteiger partial charge in [-0.3, -0.25) is 9.69 Å². The predicted octanol–water partition coefficient (Wildman–Crippen LogP) is 2.04. The molecule has 0 aliphatic heterocycles. The highest BCUT2D eigenvalue weighted by atomic mass is 16.3. The molecule has 2 heterocycles. The molecule has 2 rings (SSSR count). The quantitative estimate of drug-likeness (QED) is 0.877. The molecular formula is C15H20N2O3. The van der Waals surface area contributed by atoms with Crippen LogP contribution in [0, 0.1) is 0 Å². The number of hydrogen-bond acceptors (Lipinski definition) is 4. The highest BCUT2D eigenvalue weighted by Crippen LogP contribution is 2.12. The van der Waals surface area contributed by atoms with Crippen LogP contribution in [0.15, 0.2) is 39.9 Å². The molecule has 5 nitrogen and oxygen atoms in total. The lowest BCUT2D eigenvalue weighted by Gasteiger charge is -2.21. The summed E-state index contributed by atoms with van der Waals surface area (Å²) in [5.41, 5.74) is 0.524. The average molecular weight is 276 g/mol. The van der Waals surface area contributed by atoms with E-state index in [0.717, 1.165) is 24.5 Å². The number of hydrogen-bond donors (Lipinski definition) is 1. The second-order valence-corrected chi connectivity index (χ2v) is 4.68. The molecule has 2 aromatic rings. The zero-order valence-corrected chi connectivity index (χ0v) is 11.9. The topological polar surface area (TPSA) is 58.6 Å². The molecule has 0 radical (unpaired) electrons. The molecular weight excluding hydrogens is 256 g/mol. The normalized spacial score (nSPS) is 11.2. The van der Waals surface area contributed by atoms with E-state index < -0.39 is 0 Å². The Bertz CT molecular complexity index is 598. The standard InChI is InChI=1S/C15H20N2O3/c1-3-16(4-2)9-12-8-14(18)15(19)11-17(12)10-13-6-5-7-20-13/h5-8,11,19H,3-4,9-10H2,1-2H3. The van der Waals surface area contributed by atoms with Gasteiger partial charge in [-0.05, 0) is 25.2 Å². The zero-order chi connectivity index (χ0) is 14.5. The second-order valence-electron chi connectivity index (χ2n) is 4.68. The van der Waals surface area contributed by atoms with E-state index in [1.165, 1.54) is 12.3 Å². The maximum absolute atomic E-state index is 11.6. The van der Waals surface area contributed by atoms with Crippen LogP contribution in [0.25, 0.3) is 0 Å². The molecule has 0 saturated carbocycles. The fourth-order valence-corrected chi connectivity index (χ4v) is 2.13. The summed E-state index contributed by atoms with van der Waals surface area (Å²) in [5, 5.41) is 9.62. The number of nitrogens with zero attached hydrogens (tertiary/aromatic N) is 2. The van der Waals surface area contributed by atoms with Crippen molar-refractivity contribution >= 4 is 0 Å². The van der Waals surface area contributed by atoms with Gasteiger partial charge in [-0.25, -0.2) is 0 Å². The van der Waals surface area contributed by atoms with Gasteiger partial charge < -0.3 is 14.1 Å². The van der Waals surface area contributed by atoms with Crippen LogP contribution in [0.4, 0.5) is 0 Å². The van der Waals surface area contributed by atoms with E-state index in [1.807, 2.05) is 16.7 Å². The Morgan fingerprint density at radius 3 is 2.70 bits per heavy atom. The highest BCUT2D eigenvalue weighted by molar-refractivity contribution is 5.21. The molecule has 2 aromatic heterocycles. The summed E-state index contributed by atoms with van der Waals surface area (Å²) in [7, 11) is 0. The van der Waals surface area contributed by atoms with Crippen LogP contribution >= 0.6 is 0 Å². The second kappa shape index (κ2) is 6.43. The molecule has 0 spiro atoms. The third-order valence-corrected chi connectivity index (χ3v) is 3.38. The molecule has 0 atom stereocenters. The van der Waals surface area contributed by atoms with E-state index >= 15 is 0 Å². The van der Waals surface area contributed by atoms with Crippen molar-refractivity contribution in [2.24, 2.45) is 0 Å². The molecule has 0 unspecified atom stereocenters. The van der Waals surface area contributed by atoms with Gasteiger partial charge in [0.2, 0.25) is 5.43 Å². The van der Waals surface area contributed by atoms with Crippen molar-refractivity contribution in [3.63, 3.8) is 0 Å². The van der Waals surface area contributed by atoms with Gasteiger partial charge in [0.1, 0.15) is 5.76 Å². The SMILES string of the molecule is CCN(CC)Cc1cc(=O)c(O)cn1Cc1ccco1. The zero-order valence-electron chi connectivity index (χ0n) is 11.9. The van der Waals surface area contributed by atoms with E-state index in [-0.39, 0.29) is 11.2 Å². The van der Waals surface area contributed by atoms with Gasteiger partial charge in [0, 0.05) is 18.3 Å². The Labute approximate surface area is 118 Å². The van der Waals surface area contributed by atoms with E-state index in [9.17, 15) is 9.90 Å². The van der Waals surface area contributed by atoms with Crippen molar-refractivity contribution in [2.75, 3.05) is 13.1 Å². The summed E-state index contributed by atoms with van der Waals surface area (Å²) in [4.78, 5) is 13.9. The largest absolute Gasteiger partial charge is 0.503 e. The first-order valence-electron chi connectivity index (χ1n) is 6.81. The van der Waals surface area contributed by atoms with Gasteiger partial charge in [-0.1, -0.05) is 13.8 Å². The van der Waals surface area contributed by atoms with E-state index in [2.05, 4.69) is 18.7 Å². The van der Waals surface area contributed by atoms with Crippen molar-refractivity contribution in [1.29, 1.82) is 0 Å². The lowest BCUT2D eigenvalue weighted by Crippen LogP contribution is -2.26. The fraction of sp³-hybridized carbons (Fsp3) is 0.400. The third-order valence-electron chi connectivity index (χ3n) is 3.38. The van der Waals surface area contributed by atoms with Crippen molar-refractivity contribution in [1.82, 2.24) is 9.47 Å². The van der Waals surface area contributed by atoms with Crippen molar-refractivity contribution in [3.8, 4) is 5.75 Å². The van der Waals surface area contributed by atoms with Crippen LogP contribution in [-0.2, 0) is 13.1 Å². The van der Waals surface area contributed by atoms with Crippen molar-refractivity contribution < 1.29 is 9.52 Å². The summed E-state index contributed by atoms with van der Waals surface area (Å²) in [6.07, 6.45) is 3.09. The van der Waals surface area contributed by atoms with Crippen molar-refractivity contribution in [3.05, 3.63) is 52.3 Å². The summed E-state index contributed by atoms with van der Waals surface area (Å²) in [6.45, 7) is 7.15. The minimum atomic E-state index is -0.345. The maximum atomic E-state index is 11.6. The van der Waals surface area contributed by atoms with Gasteiger partial charge in [0.25, 0.3) is 0 Å². The molecule has 108 valence electrons. The Hall–Kier alpha value is -2.01. The van der Waals surface area contributed by atoms with E-state index in [0.29, 0.717) is 13.1 Å². The van der Waals surface area contributed by atoms with Gasteiger partial charge in [-0.2, -0.15) is 0 Å². The Balaban J connectivity index is 2.32. The highest BCUT2D eigenvalue weighted by Gasteiger charge is 2.10. The van der Waals surface area contributed by atoms with Gasteiger partial charge in [-0.15, -0.1) is 0 Å². The summed E-state index contributed by atoms with van der Waals surface area (Å²) in [6, 6.07) is 5.19. The Morgan fingerprint density at radius 2 is 2.10 bits per heavy atom. The minimum absolute atomic E-state index is 0.236. The number of aromatic hydroxyl groups is 1. The molecule has 0 aliphatic carbocycles. The van der Waals surface area contributed by atoms with Crippen LogP contribution in [0.2, 0.25) is 0 Å². The van der Waals surface area contributed by atoms with E-state index in [4.69, 9.17) is 4.42 Å². The van der Waals surface area contributed by atoms with E-state index in [1.54, 1.807) is 6.26 Å². The van der Waals surface area contributed by atoms with Crippen LogP contribution < -0.4 is 5.43 Å². The van der Waals surface area contributed by atoms with Crippen molar-refractivity contribution in [2.45, 2.75) is 26.9 Å². The molecule has 0 bridgehead atoms. The van der Waals surface area contributed by atoms with Crippen LogP contribution in [0.1, 0.15) is 25.3 Å². The average Bonchev–Trinajstić information content (AvgIpc) is 2.94. The molecule has 0 amide bonds. The minimum Gasteiger partial charge on any atom is -0.503 e. The number of furan rings is 1. The number of pyridine rings is 1. The van der Waals surface area contributed by atoms with Gasteiger partial charge in [0.05, 0.1) is 19.0 Å². The smallest absolute Gasteiger partial charge is 0.223 e. The molecule has 1 N–H and O–H groups in total. The Morgan fingerprint density at radius 1 is 1.35 bits per heavy atom. The summed E-state index contributed by atoms with van der Waals surface area (Å²) in [5.74, 6) is 0.550. The summed E-state index contributed by atoms with van der Waals surface area (Å²) < 4.78 is 7.18. The molecule has 0 aromatic carbocycles. The lowest BCUT2D eigenvalue weighted by atomic mass is 10.2. The van der Waals surface area contributed by atoms with Gasteiger partial charge >= 0.3 is 0 Å². The molecule has 0 aliphatic rings. The first-order valence-corrected chi connectivity index (χ1v) is 6.81. The Kier molecular flexibility index (Phi) is 4.63. The third kappa shape index (κ3) is 3.30. The van der Waals surface area contributed by atoms with Crippen LogP contribution in [0.3, 0.4) is 0 Å². The summed E-state index contributed by atoms with van der Waals surface area (Å²) >= 11 is 0. The maximum Gasteiger partial charge on any atom is 0.223 e. The van der Waals surface area contributed by atoms with Crippen LogP contribution in [0.5, 0.6) is 5.75 Å². The van der Waals surface area contributed by atoms with Gasteiger partial charge in [0.15, 0.2) is 5.75 Å². The first-order chi connectivity index (χ1) is 9.63. The fourth-order valence-electron chi connectivity index (χ4n) is 2.13. The monoisotopic (exact) mass is 276 g/mol. The molecule has 0 fully saturated rings. The lowest BCUT2D eigenvalue weighted by molar-refractivity contribution is 0.285. The predicted molar refractivity (Wildman–Crippen MR) is 76.8 cm³/mol. The molecule has 20 heavy (non-hydrogen) atoms. The first kappa shape index (κ1) is 14.4.